The van der Waals surface area contributed by atoms with Gasteiger partial charge in [-0.05, 0) is 38.8 Å². The third kappa shape index (κ3) is 5.47. The Bertz CT molecular complexity index is 253. The molecule has 5 heteroatoms. The van der Waals surface area contributed by atoms with E-state index >= 15 is 0 Å². The maximum atomic E-state index is 12.3. The van der Waals surface area contributed by atoms with Gasteiger partial charge in [0, 0.05) is 20.3 Å². The first-order chi connectivity index (χ1) is 9.25. The third-order valence-electron chi connectivity index (χ3n) is 3.90. The second-order valence-electron chi connectivity index (χ2n) is 5.10. The van der Waals surface area contributed by atoms with Crippen molar-refractivity contribution in [2.75, 3.05) is 46.6 Å². The highest BCUT2D eigenvalue weighted by Crippen LogP contribution is 2.32. The summed E-state index contributed by atoms with van der Waals surface area (Å²) in [7, 11) is 1.66. The van der Waals surface area contributed by atoms with Crippen molar-refractivity contribution >= 4 is 5.91 Å². The van der Waals surface area contributed by atoms with Gasteiger partial charge in [-0.3, -0.25) is 4.79 Å². The van der Waals surface area contributed by atoms with E-state index in [0.29, 0.717) is 26.4 Å². The van der Waals surface area contributed by atoms with Crippen molar-refractivity contribution in [2.24, 2.45) is 5.41 Å². The van der Waals surface area contributed by atoms with E-state index in [1.54, 1.807) is 7.11 Å². The summed E-state index contributed by atoms with van der Waals surface area (Å²) in [5, 5.41) is 6.37. The van der Waals surface area contributed by atoms with Crippen molar-refractivity contribution in [3.8, 4) is 0 Å². The first-order valence-electron chi connectivity index (χ1n) is 7.31. The molecular formula is C14H28N2O3. The molecule has 1 fully saturated rings. The molecule has 0 spiro atoms. The monoisotopic (exact) mass is 272 g/mol. The summed E-state index contributed by atoms with van der Waals surface area (Å²) in [4.78, 5) is 12.3. The Labute approximate surface area is 116 Å². The Hall–Kier alpha value is -0.650. The third-order valence-corrected chi connectivity index (χ3v) is 3.90. The molecule has 1 saturated heterocycles. The zero-order valence-corrected chi connectivity index (χ0v) is 12.3. The number of piperidine rings is 1. The number of ether oxygens (including phenoxy) is 2. The minimum Gasteiger partial charge on any atom is -0.382 e. The van der Waals surface area contributed by atoms with Crippen LogP contribution >= 0.6 is 0 Å². The lowest BCUT2D eigenvalue weighted by Gasteiger charge is -2.35. The number of amides is 1. The van der Waals surface area contributed by atoms with E-state index in [1.165, 1.54) is 0 Å². The number of nitrogens with one attached hydrogen (secondary N) is 2. The number of rotatable bonds is 9. The van der Waals surface area contributed by atoms with Crippen molar-refractivity contribution in [2.45, 2.75) is 32.6 Å². The summed E-state index contributed by atoms with van der Waals surface area (Å²) >= 11 is 0. The summed E-state index contributed by atoms with van der Waals surface area (Å²) in [6.07, 6.45) is 3.66. The molecule has 0 saturated carbocycles. The van der Waals surface area contributed by atoms with E-state index in [0.717, 1.165) is 38.8 Å². The Morgan fingerprint density at radius 3 is 2.63 bits per heavy atom. The Kier molecular flexibility index (Phi) is 8.02. The van der Waals surface area contributed by atoms with Crippen molar-refractivity contribution in [1.29, 1.82) is 0 Å². The summed E-state index contributed by atoms with van der Waals surface area (Å²) in [5.41, 5.74) is -0.151. The van der Waals surface area contributed by atoms with Gasteiger partial charge in [0.25, 0.3) is 0 Å². The minimum atomic E-state index is -0.151. The van der Waals surface area contributed by atoms with Gasteiger partial charge >= 0.3 is 0 Å². The molecule has 1 heterocycles. The van der Waals surface area contributed by atoms with Crippen LogP contribution in [0.2, 0.25) is 0 Å². The van der Waals surface area contributed by atoms with Gasteiger partial charge in [-0.1, -0.05) is 6.92 Å². The van der Waals surface area contributed by atoms with Crippen LogP contribution in [0.5, 0.6) is 0 Å². The average Bonchev–Trinajstić information content (AvgIpc) is 2.46. The molecule has 0 unspecified atom stereocenters. The van der Waals surface area contributed by atoms with Crippen LogP contribution < -0.4 is 10.6 Å². The molecule has 0 radical (unpaired) electrons. The van der Waals surface area contributed by atoms with Crippen molar-refractivity contribution in [3.63, 3.8) is 0 Å². The molecule has 0 aromatic heterocycles. The van der Waals surface area contributed by atoms with Gasteiger partial charge in [0.1, 0.15) is 0 Å². The van der Waals surface area contributed by atoms with Gasteiger partial charge in [0.05, 0.1) is 18.6 Å². The molecule has 2 N–H and O–H groups in total. The predicted octanol–water partition coefficient (Wildman–Crippen LogP) is 0.936. The number of carbonyl (C=O) groups excluding carboxylic acids is 1. The van der Waals surface area contributed by atoms with Crippen LogP contribution in [-0.4, -0.2) is 52.5 Å². The summed E-state index contributed by atoms with van der Waals surface area (Å²) < 4.78 is 10.3. The van der Waals surface area contributed by atoms with Gasteiger partial charge in [-0.25, -0.2) is 0 Å². The average molecular weight is 272 g/mol. The Morgan fingerprint density at radius 2 is 2.00 bits per heavy atom. The smallest absolute Gasteiger partial charge is 0.226 e. The lowest BCUT2D eigenvalue weighted by Crippen LogP contribution is -2.47. The predicted molar refractivity (Wildman–Crippen MR) is 75.1 cm³/mol. The van der Waals surface area contributed by atoms with E-state index in [1.807, 2.05) is 0 Å². The lowest BCUT2D eigenvalue weighted by atomic mass is 9.76. The lowest BCUT2D eigenvalue weighted by molar-refractivity contribution is -0.132. The fraction of sp³-hybridized carbons (Fsp3) is 0.929. The maximum Gasteiger partial charge on any atom is 0.226 e. The maximum absolute atomic E-state index is 12.3. The quantitative estimate of drug-likeness (QED) is 0.613. The molecular weight excluding hydrogens is 244 g/mol. The standard InChI is InChI=1S/C14H28N2O3/c1-3-14(5-8-15-9-6-14)13(17)16-7-4-10-19-12-11-18-2/h15H,3-12H2,1-2H3,(H,16,17). The van der Waals surface area contributed by atoms with Crippen LogP contribution in [0.4, 0.5) is 0 Å². The highest BCUT2D eigenvalue weighted by atomic mass is 16.5. The summed E-state index contributed by atoms with van der Waals surface area (Å²) in [6, 6.07) is 0. The molecule has 5 nitrogen and oxygen atoms in total. The largest absolute Gasteiger partial charge is 0.382 e. The van der Waals surface area contributed by atoms with E-state index in [-0.39, 0.29) is 11.3 Å². The number of hydrogen-bond donors (Lipinski definition) is 2. The van der Waals surface area contributed by atoms with Crippen LogP contribution in [0.15, 0.2) is 0 Å². The molecule has 0 aliphatic carbocycles. The molecule has 1 aliphatic heterocycles. The van der Waals surface area contributed by atoms with E-state index < -0.39 is 0 Å². The first-order valence-corrected chi connectivity index (χ1v) is 7.31. The molecule has 0 aromatic carbocycles. The highest BCUT2D eigenvalue weighted by molar-refractivity contribution is 5.82. The fourth-order valence-electron chi connectivity index (χ4n) is 2.45. The molecule has 0 bridgehead atoms. The molecule has 0 atom stereocenters. The van der Waals surface area contributed by atoms with Crippen LogP contribution in [0, 0.1) is 5.41 Å². The van der Waals surface area contributed by atoms with Gasteiger partial charge in [0.2, 0.25) is 5.91 Å². The normalized spacial score (nSPS) is 18.2. The van der Waals surface area contributed by atoms with E-state index in [9.17, 15) is 4.79 Å². The summed E-state index contributed by atoms with van der Waals surface area (Å²) in [6.45, 7) is 6.61. The van der Waals surface area contributed by atoms with Gasteiger partial charge in [0.15, 0.2) is 0 Å². The van der Waals surface area contributed by atoms with Gasteiger partial charge in [-0.15, -0.1) is 0 Å². The topological polar surface area (TPSA) is 59.6 Å². The molecule has 1 aliphatic rings. The molecule has 1 rings (SSSR count). The molecule has 19 heavy (non-hydrogen) atoms. The van der Waals surface area contributed by atoms with Gasteiger partial charge < -0.3 is 20.1 Å². The second-order valence-corrected chi connectivity index (χ2v) is 5.10. The van der Waals surface area contributed by atoms with Crippen molar-refractivity contribution in [1.82, 2.24) is 10.6 Å². The van der Waals surface area contributed by atoms with Gasteiger partial charge in [-0.2, -0.15) is 0 Å². The van der Waals surface area contributed by atoms with Crippen molar-refractivity contribution in [3.05, 3.63) is 0 Å². The van der Waals surface area contributed by atoms with Crippen LogP contribution in [0.25, 0.3) is 0 Å². The zero-order valence-electron chi connectivity index (χ0n) is 12.3. The van der Waals surface area contributed by atoms with E-state index in [2.05, 4.69) is 17.6 Å². The van der Waals surface area contributed by atoms with Crippen LogP contribution in [-0.2, 0) is 14.3 Å². The molecule has 1 amide bonds. The zero-order chi connectivity index (χ0) is 14.0. The fourth-order valence-corrected chi connectivity index (χ4v) is 2.45. The minimum absolute atomic E-state index is 0.151. The van der Waals surface area contributed by atoms with Crippen LogP contribution in [0.1, 0.15) is 32.6 Å². The van der Waals surface area contributed by atoms with Crippen LogP contribution in [0.3, 0.4) is 0 Å². The summed E-state index contributed by atoms with van der Waals surface area (Å²) in [5.74, 6) is 0.216. The highest BCUT2D eigenvalue weighted by Gasteiger charge is 2.37. The SMILES string of the molecule is CCC1(C(=O)NCCCOCCOC)CCNCC1. The number of hydrogen-bond acceptors (Lipinski definition) is 4. The first kappa shape index (κ1) is 16.4. The Balaban J connectivity index is 2.15. The molecule has 0 aromatic rings. The second kappa shape index (κ2) is 9.28. The number of methoxy groups -OCH3 is 1. The van der Waals surface area contributed by atoms with Crippen molar-refractivity contribution < 1.29 is 14.3 Å². The number of carbonyl (C=O) groups is 1. The Morgan fingerprint density at radius 1 is 1.26 bits per heavy atom. The van der Waals surface area contributed by atoms with E-state index in [4.69, 9.17) is 9.47 Å². The molecule has 112 valence electrons.